The number of fused-ring (bicyclic) bond motifs is 7. The lowest BCUT2D eigenvalue weighted by atomic mass is 10.1. The Morgan fingerprint density at radius 1 is 0.909 bits per heavy atom. The number of hydrogen-bond donors (Lipinski definition) is 0. The molecule has 170 valence electrons. The topological polar surface area (TPSA) is 18.1 Å². The van der Waals surface area contributed by atoms with E-state index in [1.807, 2.05) is 45.9 Å². The molecule has 0 atom stereocenters. The highest BCUT2D eigenvalue weighted by Gasteiger charge is 2.18. The lowest BCUT2D eigenvalue weighted by Gasteiger charge is -2.09. The van der Waals surface area contributed by atoms with Crippen LogP contribution in [0.1, 0.15) is 46.6 Å². The van der Waals surface area contributed by atoms with Gasteiger partial charge in [-0.3, -0.25) is 0 Å². The zero-order valence-electron chi connectivity index (χ0n) is 20.8. The number of para-hydroxylation sites is 1. The van der Waals surface area contributed by atoms with Crippen molar-refractivity contribution in [1.29, 1.82) is 0 Å². The molecule has 2 nitrogen and oxygen atoms in total. The van der Waals surface area contributed by atoms with Gasteiger partial charge in [0.1, 0.15) is 11.2 Å². The van der Waals surface area contributed by atoms with E-state index in [2.05, 4.69) is 85.7 Å². The Labute approximate surface area is 197 Å². The van der Waals surface area contributed by atoms with Crippen molar-refractivity contribution < 1.29 is 4.42 Å². The first-order valence-corrected chi connectivity index (χ1v) is 12.0. The van der Waals surface area contributed by atoms with Gasteiger partial charge in [0.05, 0.1) is 16.4 Å². The number of aromatic nitrogens is 1. The maximum Gasteiger partial charge on any atom is 0.145 e. The van der Waals surface area contributed by atoms with Crippen LogP contribution in [0.15, 0.2) is 89.9 Å². The van der Waals surface area contributed by atoms with Gasteiger partial charge in [0, 0.05) is 21.9 Å². The van der Waals surface area contributed by atoms with Crippen molar-refractivity contribution in [3.05, 3.63) is 91.0 Å². The average molecular weight is 438 g/mol. The Kier molecular flexibility index (Phi) is 7.95. The summed E-state index contributed by atoms with van der Waals surface area (Å²) in [6.07, 6.45) is 9.24. The van der Waals surface area contributed by atoms with Gasteiger partial charge in [-0.1, -0.05) is 76.3 Å². The highest BCUT2D eigenvalue weighted by atomic mass is 16.3. The van der Waals surface area contributed by atoms with Crippen molar-refractivity contribution in [2.45, 2.75) is 48.0 Å². The van der Waals surface area contributed by atoms with E-state index in [0.717, 1.165) is 39.6 Å². The number of allylic oxidation sites excluding steroid dienone is 5. The van der Waals surface area contributed by atoms with Crippen LogP contribution < -0.4 is 0 Å². The summed E-state index contributed by atoms with van der Waals surface area (Å²) < 4.78 is 8.70. The SMILES string of the molecule is C=CC/C=C\C(=C/C)n1c2cc(C)ccc2c2c3oc4ccccc4c3ccc21.CC.CC. The van der Waals surface area contributed by atoms with Crippen LogP contribution in [0.25, 0.3) is 49.4 Å². The van der Waals surface area contributed by atoms with E-state index >= 15 is 0 Å². The lowest BCUT2D eigenvalue weighted by Crippen LogP contribution is -1.94. The molecule has 2 aromatic heterocycles. The molecule has 0 bridgehead atoms. The number of hydrogen-bond acceptors (Lipinski definition) is 1. The van der Waals surface area contributed by atoms with Gasteiger partial charge < -0.3 is 8.98 Å². The maximum absolute atomic E-state index is 6.37. The predicted octanol–water partition coefficient (Wildman–Crippen LogP) is 10.0. The monoisotopic (exact) mass is 437 g/mol. The van der Waals surface area contributed by atoms with Crippen LogP contribution in [0.3, 0.4) is 0 Å². The van der Waals surface area contributed by atoms with Gasteiger partial charge in [-0.2, -0.15) is 0 Å². The van der Waals surface area contributed by atoms with Crippen LogP contribution in [-0.4, -0.2) is 4.57 Å². The van der Waals surface area contributed by atoms with Gasteiger partial charge in [0.15, 0.2) is 0 Å². The predicted molar refractivity (Wildman–Crippen MR) is 148 cm³/mol. The van der Waals surface area contributed by atoms with E-state index < -0.39 is 0 Å². The van der Waals surface area contributed by atoms with Crippen molar-refractivity contribution in [1.82, 2.24) is 4.57 Å². The van der Waals surface area contributed by atoms with E-state index in [4.69, 9.17) is 4.42 Å². The fourth-order valence-corrected chi connectivity index (χ4v) is 4.26. The smallest absolute Gasteiger partial charge is 0.145 e. The van der Waals surface area contributed by atoms with Gasteiger partial charge in [-0.05, 0) is 56.2 Å². The molecule has 0 fully saturated rings. The molecule has 33 heavy (non-hydrogen) atoms. The Hall–Kier alpha value is -3.52. The molecule has 0 N–H and O–H groups in total. The van der Waals surface area contributed by atoms with Crippen molar-refractivity contribution >= 4 is 49.4 Å². The van der Waals surface area contributed by atoms with Crippen LogP contribution in [0.2, 0.25) is 0 Å². The fourth-order valence-electron chi connectivity index (χ4n) is 4.26. The number of furan rings is 1. The largest absolute Gasteiger partial charge is 0.455 e. The first kappa shape index (κ1) is 24.1. The zero-order chi connectivity index (χ0) is 24.0. The van der Waals surface area contributed by atoms with E-state index in [9.17, 15) is 0 Å². The molecule has 0 saturated carbocycles. The van der Waals surface area contributed by atoms with Gasteiger partial charge >= 0.3 is 0 Å². The molecule has 0 amide bonds. The summed E-state index contributed by atoms with van der Waals surface area (Å²) in [5.41, 5.74) is 6.64. The van der Waals surface area contributed by atoms with Gasteiger partial charge in [-0.25, -0.2) is 0 Å². The summed E-state index contributed by atoms with van der Waals surface area (Å²) in [6, 6.07) is 19.3. The summed E-state index contributed by atoms with van der Waals surface area (Å²) in [5, 5.41) is 4.71. The zero-order valence-corrected chi connectivity index (χ0v) is 20.8. The summed E-state index contributed by atoms with van der Waals surface area (Å²) in [5.74, 6) is 0. The first-order chi connectivity index (χ1) is 16.2. The summed E-state index contributed by atoms with van der Waals surface area (Å²) in [4.78, 5) is 0. The highest BCUT2D eigenvalue weighted by molar-refractivity contribution is 6.24. The molecule has 0 radical (unpaired) electrons. The Balaban J connectivity index is 0.000000728. The third kappa shape index (κ3) is 4.26. The molecule has 0 aliphatic carbocycles. The molecule has 3 aromatic carbocycles. The molecule has 2 heterocycles. The minimum atomic E-state index is 0.849. The second-order valence-electron chi connectivity index (χ2n) is 7.43. The Morgan fingerprint density at radius 3 is 2.36 bits per heavy atom. The number of benzene rings is 3. The molecule has 0 spiro atoms. The fraction of sp³-hybridized carbons (Fsp3) is 0.226. The third-order valence-electron chi connectivity index (χ3n) is 5.57. The van der Waals surface area contributed by atoms with Crippen molar-refractivity contribution in [2.24, 2.45) is 0 Å². The summed E-state index contributed by atoms with van der Waals surface area (Å²) in [7, 11) is 0. The normalized spacial score (nSPS) is 11.6. The van der Waals surface area contributed by atoms with Crippen LogP contribution in [0, 0.1) is 6.92 Å². The maximum atomic E-state index is 6.37. The molecular formula is C31H35NO. The van der Waals surface area contributed by atoms with Crippen LogP contribution in [0.5, 0.6) is 0 Å². The minimum Gasteiger partial charge on any atom is -0.455 e. The molecule has 0 unspecified atom stereocenters. The Bertz CT molecular complexity index is 1460. The van der Waals surface area contributed by atoms with Crippen molar-refractivity contribution in [3.8, 4) is 0 Å². The van der Waals surface area contributed by atoms with Crippen LogP contribution >= 0.6 is 0 Å². The summed E-state index contributed by atoms with van der Waals surface area (Å²) >= 11 is 0. The van der Waals surface area contributed by atoms with Gasteiger partial charge in [0.2, 0.25) is 0 Å². The molecule has 5 aromatic rings. The van der Waals surface area contributed by atoms with E-state index in [0.29, 0.717) is 0 Å². The third-order valence-corrected chi connectivity index (χ3v) is 5.57. The summed E-state index contributed by atoms with van der Waals surface area (Å²) in [6.45, 7) is 16.0. The van der Waals surface area contributed by atoms with Gasteiger partial charge in [0.25, 0.3) is 0 Å². The van der Waals surface area contributed by atoms with E-state index in [1.54, 1.807) is 0 Å². The second kappa shape index (κ2) is 10.9. The van der Waals surface area contributed by atoms with Crippen LogP contribution in [0.4, 0.5) is 0 Å². The number of aryl methyl sites for hydroxylation is 1. The van der Waals surface area contributed by atoms with Gasteiger partial charge in [-0.15, -0.1) is 6.58 Å². The molecule has 5 rings (SSSR count). The lowest BCUT2D eigenvalue weighted by molar-refractivity contribution is 0.673. The van der Waals surface area contributed by atoms with E-state index in [-0.39, 0.29) is 0 Å². The van der Waals surface area contributed by atoms with Crippen LogP contribution in [-0.2, 0) is 0 Å². The molecule has 0 aliphatic heterocycles. The van der Waals surface area contributed by atoms with Crippen molar-refractivity contribution in [2.75, 3.05) is 0 Å². The number of rotatable bonds is 4. The molecule has 0 saturated heterocycles. The quantitative estimate of drug-likeness (QED) is 0.202. The first-order valence-electron chi connectivity index (χ1n) is 12.0. The Morgan fingerprint density at radius 2 is 1.64 bits per heavy atom. The average Bonchev–Trinajstić information content (AvgIpc) is 3.40. The minimum absolute atomic E-state index is 0.849. The number of nitrogens with zero attached hydrogens (tertiary/aromatic N) is 1. The molecule has 2 heteroatoms. The molecule has 0 aliphatic rings. The van der Waals surface area contributed by atoms with Crippen molar-refractivity contribution in [3.63, 3.8) is 0 Å². The highest BCUT2D eigenvalue weighted by Crippen LogP contribution is 2.40. The second-order valence-corrected chi connectivity index (χ2v) is 7.43. The standard InChI is InChI=1S/C27H23NO.2C2H6/c1-4-6-7-10-19(5-2)28-23-16-15-21-20-11-8-9-12-25(20)29-27(21)26(23)22-14-13-18(3)17-24(22)28;2*1-2/h4-5,7-17H,1,6H2,2-3H3;2*1-2H3/b10-7-,19-5+;;. The van der Waals surface area contributed by atoms with E-state index in [1.165, 1.54) is 21.9 Å². The molecular weight excluding hydrogens is 402 g/mol.